The van der Waals surface area contributed by atoms with E-state index in [0.29, 0.717) is 6.04 Å². The molecule has 0 fully saturated rings. The normalized spacial score (nSPS) is 10.0. The summed E-state index contributed by atoms with van der Waals surface area (Å²) in [6.07, 6.45) is 0. The Morgan fingerprint density at radius 1 is 1.00 bits per heavy atom. The summed E-state index contributed by atoms with van der Waals surface area (Å²) in [5.41, 5.74) is 0. The van der Waals surface area contributed by atoms with Gasteiger partial charge in [0.15, 0.2) is 0 Å². The molecule has 12 heavy (non-hydrogen) atoms. The monoisotopic (exact) mass is 195 g/mol. The molecule has 0 saturated carbocycles. The van der Waals surface area contributed by atoms with Gasteiger partial charge in [0.1, 0.15) is 0 Å². The molecule has 0 unspecified atom stereocenters. The molecule has 0 aliphatic rings. The summed E-state index contributed by atoms with van der Waals surface area (Å²) in [5, 5.41) is 3.03. The van der Waals surface area contributed by atoms with Crippen LogP contribution >= 0.6 is 0 Å². The Morgan fingerprint density at radius 2 is 1.25 bits per heavy atom. The Kier molecular flexibility index (Phi) is 13.4. The van der Waals surface area contributed by atoms with Crippen molar-refractivity contribution < 1.29 is 13.3 Å². The van der Waals surface area contributed by atoms with Crippen molar-refractivity contribution in [3.8, 4) is 0 Å². The molecular weight excluding hydrogens is 174 g/mol. The molecule has 0 aliphatic carbocycles. The molecule has 0 bridgehead atoms. The first-order chi connectivity index (χ1) is 5.62. The summed E-state index contributed by atoms with van der Waals surface area (Å²) in [7, 11) is 5.00. The number of hydrogen-bond acceptors (Lipinski definition) is 4. The van der Waals surface area contributed by atoms with Gasteiger partial charge in [-0.15, -0.1) is 0 Å². The van der Waals surface area contributed by atoms with Gasteiger partial charge in [0.05, 0.1) is 0 Å². The minimum atomic E-state index is -1.67. The van der Waals surface area contributed by atoms with Crippen LogP contribution in [0.2, 0.25) is 0 Å². The van der Waals surface area contributed by atoms with Crippen LogP contribution in [-0.2, 0) is 13.3 Å². The van der Waals surface area contributed by atoms with E-state index < -0.39 is 9.53 Å². The fourth-order valence-corrected chi connectivity index (χ4v) is 0.866. The minimum absolute atomic E-state index is 0.634. The molecule has 0 rings (SSSR count). The van der Waals surface area contributed by atoms with E-state index in [1.54, 1.807) is 21.3 Å². The summed E-state index contributed by atoms with van der Waals surface area (Å²) in [5.74, 6) is 0. The van der Waals surface area contributed by atoms with Crippen molar-refractivity contribution in [3.05, 3.63) is 0 Å². The molecular formula is C7H21NO3Si. The highest BCUT2D eigenvalue weighted by molar-refractivity contribution is 6.36. The van der Waals surface area contributed by atoms with E-state index in [4.69, 9.17) is 13.3 Å². The average molecular weight is 195 g/mol. The first-order valence-corrected chi connectivity index (χ1v) is 5.29. The average Bonchev–Trinajstić information content (AvgIpc) is 2.09. The van der Waals surface area contributed by atoms with Crippen LogP contribution in [0.3, 0.4) is 0 Å². The molecule has 1 N–H and O–H groups in total. The van der Waals surface area contributed by atoms with Gasteiger partial charge in [0.2, 0.25) is 0 Å². The van der Waals surface area contributed by atoms with Gasteiger partial charge in [-0.1, -0.05) is 13.8 Å². The molecule has 0 heterocycles. The topological polar surface area (TPSA) is 39.7 Å². The molecule has 0 atom stereocenters. The summed E-state index contributed by atoms with van der Waals surface area (Å²) < 4.78 is 14.2. The van der Waals surface area contributed by atoms with E-state index >= 15 is 0 Å². The lowest BCUT2D eigenvalue weighted by Crippen LogP contribution is -2.21. The van der Waals surface area contributed by atoms with Crippen LogP contribution in [0, 0.1) is 0 Å². The van der Waals surface area contributed by atoms with Crippen LogP contribution in [0.15, 0.2) is 0 Å². The molecule has 0 spiro atoms. The second-order valence-electron chi connectivity index (χ2n) is 2.44. The number of hydrogen-bond donors (Lipinski definition) is 1. The van der Waals surface area contributed by atoms with Crippen LogP contribution in [-0.4, -0.2) is 43.9 Å². The third-order valence-corrected chi connectivity index (χ3v) is 2.31. The van der Waals surface area contributed by atoms with Crippen molar-refractivity contribution in [2.45, 2.75) is 19.9 Å². The van der Waals surface area contributed by atoms with Gasteiger partial charge in [-0.2, -0.15) is 0 Å². The van der Waals surface area contributed by atoms with Crippen LogP contribution in [0.1, 0.15) is 13.8 Å². The molecule has 0 aromatic rings. The van der Waals surface area contributed by atoms with E-state index in [-0.39, 0.29) is 0 Å². The Labute approximate surface area is 77.2 Å². The van der Waals surface area contributed by atoms with Crippen molar-refractivity contribution in [1.29, 1.82) is 0 Å². The fourth-order valence-electron chi connectivity index (χ4n) is 0.289. The summed E-state index contributed by atoms with van der Waals surface area (Å²) in [4.78, 5) is 0. The predicted molar refractivity (Wildman–Crippen MR) is 52.4 cm³/mol. The number of rotatable bonds is 4. The lowest BCUT2D eigenvalue weighted by atomic mass is 10.4. The lowest BCUT2D eigenvalue weighted by Gasteiger charge is -2.05. The SMILES string of the molecule is CNC(C)C.CO[SiH](OC)OC. The molecule has 0 amide bonds. The lowest BCUT2D eigenvalue weighted by molar-refractivity contribution is 0.163. The van der Waals surface area contributed by atoms with E-state index in [2.05, 4.69) is 19.2 Å². The van der Waals surface area contributed by atoms with E-state index in [0.717, 1.165) is 0 Å². The van der Waals surface area contributed by atoms with E-state index in [9.17, 15) is 0 Å². The molecule has 5 heteroatoms. The van der Waals surface area contributed by atoms with Crippen LogP contribution < -0.4 is 5.32 Å². The third-order valence-electron chi connectivity index (χ3n) is 1.15. The molecule has 76 valence electrons. The van der Waals surface area contributed by atoms with E-state index in [1.807, 2.05) is 7.05 Å². The first-order valence-electron chi connectivity index (χ1n) is 3.88. The van der Waals surface area contributed by atoms with Gasteiger partial charge >= 0.3 is 9.53 Å². The largest absolute Gasteiger partial charge is 0.483 e. The first kappa shape index (κ1) is 14.6. The number of nitrogens with one attached hydrogen (secondary N) is 1. The van der Waals surface area contributed by atoms with Gasteiger partial charge in [-0.05, 0) is 7.05 Å². The zero-order chi connectivity index (χ0) is 9.98. The molecule has 4 nitrogen and oxygen atoms in total. The maximum atomic E-state index is 4.74. The summed E-state index contributed by atoms with van der Waals surface area (Å²) >= 11 is 0. The minimum Gasteiger partial charge on any atom is -0.379 e. The Hall–Kier alpha value is 0.0569. The van der Waals surface area contributed by atoms with Crippen LogP contribution in [0.25, 0.3) is 0 Å². The van der Waals surface area contributed by atoms with E-state index in [1.165, 1.54) is 0 Å². The smallest absolute Gasteiger partial charge is 0.379 e. The Balaban J connectivity index is 0. The van der Waals surface area contributed by atoms with Crippen molar-refractivity contribution >= 4 is 9.53 Å². The maximum absolute atomic E-state index is 4.74. The zero-order valence-electron chi connectivity index (χ0n) is 8.88. The third kappa shape index (κ3) is 12.7. The standard InChI is InChI=1S/C4H11N.C3H10O3Si/c1-4(2)5-3;1-4-7(5-2)6-3/h4-5H,1-3H3;7H,1-3H3. The molecule has 0 aromatic heterocycles. The predicted octanol–water partition coefficient (Wildman–Crippen LogP) is 0.257. The summed E-state index contributed by atoms with van der Waals surface area (Å²) in [6.45, 7) is 4.22. The van der Waals surface area contributed by atoms with Gasteiger partial charge < -0.3 is 18.6 Å². The second kappa shape index (κ2) is 11.1. The highest BCUT2D eigenvalue weighted by atomic mass is 28.3. The quantitative estimate of drug-likeness (QED) is 0.653. The van der Waals surface area contributed by atoms with Gasteiger partial charge in [0, 0.05) is 27.4 Å². The maximum Gasteiger partial charge on any atom is 0.483 e. The highest BCUT2D eigenvalue weighted by Crippen LogP contribution is 1.81. The van der Waals surface area contributed by atoms with Gasteiger partial charge in [0.25, 0.3) is 0 Å². The Bertz CT molecular complexity index is 73.5. The zero-order valence-corrected chi connectivity index (χ0v) is 10.0. The van der Waals surface area contributed by atoms with Crippen LogP contribution in [0.5, 0.6) is 0 Å². The Morgan fingerprint density at radius 3 is 1.25 bits per heavy atom. The molecule has 0 aromatic carbocycles. The molecule has 0 radical (unpaired) electrons. The van der Waals surface area contributed by atoms with Gasteiger partial charge in [-0.25, -0.2) is 0 Å². The van der Waals surface area contributed by atoms with Crippen molar-refractivity contribution in [3.63, 3.8) is 0 Å². The fraction of sp³-hybridized carbons (Fsp3) is 1.00. The second-order valence-corrected chi connectivity index (χ2v) is 4.43. The van der Waals surface area contributed by atoms with Crippen LogP contribution in [0.4, 0.5) is 0 Å². The van der Waals surface area contributed by atoms with Crippen molar-refractivity contribution in [2.24, 2.45) is 0 Å². The highest BCUT2D eigenvalue weighted by Gasteiger charge is 2.04. The van der Waals surface area contributed by atoms with Crippen molar-refractivity contribution in [2.75, 3.05) is 28.4 Å². The molecule has 0 saturated heterocycles. The van der Waals surface area contributed by atoms with Crippen molar-refractivity contribution in [1.82, 2.24) is 5.32 Å². The molecule has 0 aliphatic heterocycles. The van der Waals surface area contributed by atoms with Gasteiger partial charge in [-0.3, -0.25) is 0 Å². The summed E-state index contributed by atoms with van der Waals surface area (Å²) in [6, 6.07) is 0.634.